The number of rotatable bonds is 6. The number of hydrogen-bond donors (Lipinski definition) is 1. The Morgan fingerprint density at radius 2 is 1.93 bits per heavy atom. The van der Waals surface area contributed by atoms with Gasteiger partial charge in [-0.2, -0.15) is 0 Å². The molecule has 1 amide bonds. The molecule has 1 N–H and O–H groups in total. The Hall–Kier alpha value is -2.77. The first kappa shape index (κ1) is 21.0. The Labute approximate surface area is 176 Å². The molecule has 0 saturated heterocycles. The topological polar surface area (TPSA) is 68.2 Å². The minimum absolute atomic E-state index is 0.0324. The van der Waals surface area contributed by atoms with E-state index in [-0.39, 0.29) is 29.8 Å². The minimum Gasteiger partial charge on any atom is -0.352 e. The number of nitrogens with one attached hydrogen (secondary N) is 1. The Kier molecular flexibility index (Phi) is 6.61. The van der Waals surface area contributed by atoms with E-state index in [1.807, 2.05) is 56.5 Å². The summed E-state index contributed by atoms with van der Waals surface area (Å²) in [6, 6.07) is 11.1. The highest BCUT2D eigenvalue weighted by molar-refractivity contribution is 7.11. The van der Waals surface area contributed by atoms with Crippen LogP contribution < -0.4 is 20.1 Å². The largest absolute Gasteiger partial charge is 0.352 e. The second kappa shape index (κ2) is 9.15. The molecule has 2 heterocycles. The molecule has 150 valence electrons. The maximum atomic E-state index is 13.0. The number of Topliss-reactive ketones (excluding diaryl/α,β-unsaturated/α-hetero) is 1. The lowest BCUT2D eigenvalue weighted by atomic mass is 10.1. The second-order valence-electron chi connectivity index (χ2n) is 6.90. The maximum absolute atomic E-state index is 13.0. The van der Waals surface area contributed by atoms with Gasteiger partial charge in [0.2, 0.25) is 5.91 Å². The van der Waals surface area contributed by atoms with E-state index in [2.05, 4.69) is 5.32 Å². The number of thiazole rings is 1. The van der Waals surface area contributed by atoms with Crippen LogP contribution in [0, 0.1) is 6.92 Å². The van der Waals surface area contributed by atoms with Gasteiger partial charge in [0.1, 0.15) is 11.2 Å². The van der Waals surface area contributed by atoms with E-state index >= 15 is 0 Å². The molecule has 5 nitrogen and oxygen atoms in total. The van der Waals surface area contributed by atoms with Crippen LogP contribution in [0.1, 0.15) is 34.6 Å². The molecule has 0 fully saturated rings. The molecule has 0 spiro atoms. The first-order valence-electron chi connectivity index (χ1n) is 9.21. The van der Waals surface area contributed by atoms with Crippen molar-refractivity contribution >= 4 is 46.5 Å². The van der Waals surface area contributed by atoms with Gasteiger partial charge in [0.05, 0.1) is 4.53 Å². The molecule has 0 bridgehead atoms. The Balaban J connectivity index is 2.11. The van der Waals surface area contributed by atoms with Crippen LogP contribution in [-0.2, 0) is 11.3 Å². The van der Waals surface area contributed by atoms with Gasteiger partial charge >= 0.3 is 0 Å². The quantitative estimate of drug-likeness (QED) is 0.615. The molecule has 0 aliphatic carbocycles. The number of nitrogens with zero attached hydrogens (tertiary/aromatic N) is 1. The van der Waals surface area contributed by atoms with Gasteiger partial charge in [-0.25, -0.2) is 0 Å². The molecule has 3 aromatic rings. The van der Waals surface area contributed by atoms with Crippen molar-refractivity contribution in [2.45, 2.75) is 33.4 Å². The third kappa shape index (κ3) is 5.19. The first-order valence-corrected chi connectivity index (χ1v) is 10.9. The molecule has 0 radical (unpaired) electrons. The molecule has 29 heavy (non-hydrogen) atoms. The molecule has 0 unspecified atom stereocenters. The zero-order chi connectivity index (χ0) is 21.0. The molecule has 0 saturated carbocycles. The molecule has 0 atom stereocenters. The molecular formula is C22H22N2O3S2. The van der Waals surface area contributed by atoms with Crippen LogP contribution in [0.5, 0.6) is 0 Å². The average Bonchev–Trinajstić information content (AvgIpc) is 3.26. The van der Waals surface area contributed by atoms with Crippen LogP contribution >= 0.6 is 22.7 Å². The van der Waals surface area contributed by atoms with Crippen LogP contribution in [0.3, 0.4) is 0 Å². The van der Waals surface area contributed by atoms with Crippen molar-refractivity contribution in [2.24, 2.45) is 0 Å². The van der Waals surface area contributed by atoms with Crippen LogP contribution in [0.25, 0.3) is 12.2 Å². The van der Waals surface area contributed by atoms with Crippen molar-refractivity contribution in [3.05, 3.63) is 77.3 Å². The molecule has 2 aromatic heterocycles. The highest BCUT2D eigenvalue weighted by Crippen LogP contribution is 2.09. The number of ketones is 1. The normalized spacial score (nSPS) is 12.6. The molecule has 0 aliphatic heterocycles. The van der Waals surface area contributed by atoms with Gasteiger partial charge in [0.25, 0.3) is 5.56 Å². The summed E-state index contributed by atoms with van der Waals surface area (Å²) in [5, 5.41) is 4.73. The first-order chi connectivity index (χ1) is 13.8. The molecular weight excluding hydrogens is 404 g/mol. The fourth-order valence-corrected chi connectivity index (χ4v) is 4.61. The fraction of sp³-hybridized carbons (Fsp3) is 0.227. The maximum Gasteiger partial charge on any atom is 0.269 e. The summed E-state index contributed by atoms with van der Waals surface area (Å²) >= 11 is 2.74. The van der Waals surface area contributed by atoms with Gasteiger partial charge < -0.3 is 5.32 Å². The molecule has 1 aromatic carbocycles. The fourth-order valence-electron chi connectivity index (χ4n) is 2.85. The Bertz CT molecular complexity index is 1200. The van der Waals surface area contributed by atoms with E-state index in [1.165, 1.54) is 33.3 Å². The number of aryl methyl sites for hydroxylation is 1. The van der Waals surface area contributed by atoms with Crippen molar-refractivity contribution < 1.29 is 9.59 Å². The van der Waals surface area contributed by atoms with Crippen LogP contribution in [0.4, 0.5) is 0 Å². The van der Waals surface area contributed by atoms with Crippen molar-refractivity contribution in [3.8, 4) is 0 Å². The number of benzene rings is 1. The van der Waals surface area contributed by atoms with Gasteiger partial charge in [0.15, 0.2) is 5.78 Å². The van der Waals surface area contributed by atoms with Gasteiger partial charge in [-0.3, -0.25) is 19.0 Å². The number of carbonyl (C=O) groups is 2. The van der Waals surface area contributed by atoms with E-state index in [0.717, 1.165) is 10.4 Å². The number of amides is 1. The van der Waals surface area contributed by atoms with Gasteiger partial charge in [-0.15, -0.1) is 22.7 Å². The van der Waals surface area contributed by atoms with Crippen LogP contribution in [0.2, 0.25) is 0 Å². The second-order valence-corrected chi connectivity index (χ2v) is 8.94. The van der Waals surface area contributed by atoms with E-state index in [1.54, 1.807) is 12.1 Å². The summed E-state index contributed by atoms with van der Waals surface area (Å²) in [5.41, 5.74) is 1.17. The number of thiophene rings is 1. The Morgan fingerprint density at radius 3 is 2.59 bits per heavy atom. The molecule has 0 aliphatic rings. The van der Waals surface area contributed by atoms with Crippen LogP contribution in [0.15, 0.2) is 46.6 Å². The summed E-state index contributed by atoms with van der Waals surface area (Å²) in [6.45, 7) is 5.46. The summed E-state index contributed by atoms with van der Waals surface area (Å²) in [4.78, 5) is 39.0. The average molecular weight is 427 g/mol. The lowest BCUT2D eigenvalue weighted by Crippen LogP contribution is -2.40. The summed E-state index contributed by atoms with van der Waals surface area (Å²) in [7, 11) is 0. The standard InChI is InChI=1S/C22H22N2O3S2/c1-14(2)23-20(26)13-24-21(12-18(25)17-9-5-4-7-15(17)3)29-19(22(24)27)11-16-8-6-10-28-16/h4-12,14H,13H2,1-3H3,(H,23,26). The van der Waals surface area contributed by atoms with Gasteiger partial charge in [0, 0.05) is 22.6 Å². The third-order valence-corrected chi connectivity index (χ3v) is 6.05. The summed E-state index contributed by atoms with van der Waals surface area (Å²) in [6.07, 6.45) is 3.24. The predicted octanol–water partition coefficient (Wildman–Crippen LogP) is 2.30. The monoisotopic (exact) mass is 426 g/mol. The third-order valence-electron chi connectivity index (χ3n) is 4.17. The predicted molar refractivity (Wildman–Crippen MR) is 119 cm³/mol. The van der Waals surface area contributed by atoms with Crippen molar-refractivity contribution in [2.75, 3.05) is 0 Å². The number of carbonyl (C=O) groups excluding carboxylic acids is 2. The summed E-state index contributed by atoms with van der Waals surface area (Å²) in [5.74, 6) is -0.453. The zero-order valence-corrected chi connectivity index (χ0v) is 18.1. The molecule has 7 heteroatoms. The number of hydrogen-bond acceptors (Lipinski definition) is 5. The SMILES string of the molecule is Cc1ccccc1C(=O)C=c1sc(=Cc2cccs2)c(=O)n1CC(=O)NC(C)C. The lowest BCUT2D eigenvalue weighted by molar-refractivity contribution is -0.122. The number of aromatic nitrogens is 1. The van der Waals surface area contributed by atoms with E-state index in [4.69, 9.17) is 0 Å². The molecule has 3 rings (SSSR count). The zero-order valence-electron chi connectivity index (χ0n) is 16.5. The van der Waals surface area contributed by atoms with Crippen molar-refractivity contribution in [3.63, 3.8) is 0 Å². The summed E-state index contributed by atoms with van der Waals surface area (Å²) < 4.78 is 2.33. The van der Waals surface area contributed by atoms with Gasteiger partial charge in [-0.05, 0) is 43.9 Å². The Morgan fingerprint density at radius 1 is 1.17 bits per heavy atom. The van der Waals surface area contributed by atoms with Crippen LogP contribution in [-0.4, -0.2) is 22.3 Å². The highest BCUT2D eigenvalue weighted by Gasteiger charge is 2.13. The van der Waals surface area contributed by atoms with Gasteiger partial charge in [-0.1, -0.05) is 30.3 Å². The highest BCUT2D eigenvalue weighted by atomic mass is 32.1. The van der Waals surface area contributed by atoms with Crippen molar-refractivity contribution in [1.29, 1.82) is 0 Å². The van der Waals surface area contributed by atoms with E-state index in [9.17, 15) is 14.4 Å². The minimum atomic E-state index is -0.272. The van der Waals surface area contributed by atoms with Crippen molar-refractivity contribution in [1.82, 2.24) is 9.88 Å². The van der Waals surface area contributed by atoms with E-state index < -0.39 is 0 Å². The smallest absolute Gasteiger partial charge is 0.269 e. The lowest BCUT2D eigenvalue weighted by Gasteiger charge is -2.08. The van der Waals surface area contributed by atoms with E-state index in [0.29, 0.717) is 14.8 Å².